The molecule has 33 heavy (non-hydrogen) atoms. The number of benzene rings is 2. The van der Waals surface area contributed by atoms with E-state index in [1.165, 1.54) is 18.9 Å². The first kappa shape index (κ1) is 24.2. The number of methoxy groups -OCH3 is 2. The molecule has 0 bridgehead atoms. The minimum atomic E-state index is -0.631. The Hall–Kier alpha value is -3.42. The van der Waals surface area contributed by atoms with Crippen molar-refractivity contribution < 1.29 is 19.1 Å². The fraction of sp³-hybridized carbons (Fsp3) is 0.273. The Balaban J connectivity index is 2.00. The van der Waals surface area contributed by atoms with Crippen LogP contribution in [0.3, 0.4) is 0 Å². The smallest absolute Gasteiger partial charge is 0.220 e. The second-order valence-corrected chi connectivity index (χ2v) is 8.29. The third-order valence-corrected chi connectivity index (χ3v) is 6.07. The number of rotatable bonds is 10. The summed E-state index contributed by atoms with van der Waals surface area (Å²) < 4.78 is 17.9. The van der Waals surface area contributed by atoms with Crippen LogP contribution in [0.1, 0.15) is 16.6 Å². The number of nitro groups is 1. The van der Waals surface area contributed by atoms with Crippen LogP contribution < -0.4 is 14.2 Å². The first-order valence-corrected chi connectivity index (χ1v) is 10.9. The number of hydrogen-bond acceptors (Lipinski definition) is 8. The molecule has 0 fully saturated rings. The molecule has 0 N–H and O–H groups in total. The van der Waals surface area contributed by atoms with Crippen molar-refractivity contribution >= 4 is 23.4 Å². The molecule has 2 aromatic carbocycles. The van der Waals surface area contributed by atoms with Crippen molar-refractivity contribution in [3.8, 4) is 35.3 Å². The van der Waals surface area contributed by atoms with Gasteiger partial charge in [0.05, 0.1) is 19.2 Å². The molecule has 172 valence electrons. The van der Waals surface area contributed by atoms with Crippen molar-refractivity contribution in [2.24, 2.45) is 0 Å². The summed E-state index contributed by atoms with van der Waals surface area (Å²) in [5.74, 6) is 4.32. The van der Waals surface area contributed by atoms with E-state index in [1.807, 2.05) is 28.8 Å². The average Bonchev–Trinajstić information content (AvgIpc) is 3.16. The summed E-state index contributed by atoms with van der Waals surface area (Å²) in [7, 11) is 3.04. The van der Waals surface area contributed by atoms with Gasteiger partial charge in [0.1, 0.15) is 23.4 Å². The van der Waals surface area contributed by atoms with Crippen LogP contribution in [0, 0.1) is 29.4 Å². The van der Waals surface area contributed by atoms with Gasteiger partial charge in [-0.1, -0.05) is 29.3 Å². The van der Waals surface area contributed by atoms with Crippen molar-refractivity contribution in [3.63, 3.8) is 0 Å². The van der Waals surface area contributed by atoms with Crippen molar-refractivity contribution in [3.05, 3.63) is 62.9 Å². The van der Waals surface area contributed by atoms with Crippen LogP contribution in [0.2, 0.25) is 5.02 Å². The maximum absolute atomic E-state index is 11.5. The second-order valence-electron chi connectivity index (χ2n) is 6.71. The zero-order valence-electron chi connectivity index (χ0n) is 18.1. The lowest BCUT2D eigenvalue weighted by atomic mass is 10.1. The molecule has 0 aliphatic rings. The summed E-state index contributed by atoms with van der Waals surface area (Å²) in [6.45, 7) is 1.44. The van der Waals surface area contributed by atoms with Gasteiger partial charge in [0.2, 0.25) is 6.54 Å². The Morgan fingerprint density at radius 1 is 1.24 bits per heavy atom. The second kappa shape index (κ2) is 10.9. The highest BCUT2D eigenvalue weighted by Gasteiger charge is 2.26. The van der Waals surface area contributed by atoms with Gasteiger partial charge in [-0.05, 0) is 48.9 Å². The SMILES string of the molecule is C#CCOc1c(Cl)cc([C@@H](C[N+](=O)[O-])Sc2nnc(C)n2-c2ccc(OC)cc2)cc1OC. The highest BCUT2D eigenvalue weighted by Crippen LogP contribution is 2.43. The van der Waals surface area contributed by atoms with E-state index < -0.39 is 5.25 Å². The minimum Gasteiger partial charge on any atom is -0.497 e. The van der Waals surface area contributed by atoms with Crippen LogP contribution in [0.25, 0.3) is 5.69 Å². The van der Waals surface area contributed by atoms with E-state index >= 15 is 0 Å². The van der Waals surface area contributed by atoms with Crippen LogP contribution in [0.15, 0.2) is 41.6 Å². The van der Waals surface area contributed by atoms with Gasteiger partial charge < -0.3 is 14.2 Å². The van der Waals surface area contributed by atoms with Gasteiger partial charge in [-0.3, -0.25) is 14.7 Å². The Morgan fingerprint density at radius 2 is 1.97 bits per heavy atom. The van der Waals surface area contributed by atoms with Gasteiger partial charge in [0.15, 0.2) is 16.7 Å². The van der Waals surface area contributed by atoms with Gasteiger partial charge in [0, 0.05) is 10.6 Å². The Bertz CT molecular complexity index is 1180. The molecule has 0 saturated heterocycles. The number of ether oxygens (including phenoxy) is 3. The molecule has 0 amide bonds. The summed E-state index contributed by atoms with van der Waals surface area (Å²) in [6.07, 6.45) is 5.26. The van der Waals surface area contributed by atoms with Crippen molar-refractivity contribution in [2.75, 3.05) is 27.4 Å². The normalized spacial score (nSPS) is 11.5. The van der Waals surface area contributed by atoms with Gasteiger partial charge in [-0.15, -0.1) is 16.6 Å². The van der Waals surface area contributed by atoms with Crippen LogP contribution in [0.5, 0.6) is 17.2 Å². The molecule has 1 atom stereocenters. The number of hydrogen-bond donors (Lipinski definition) is 0. The molecule has 9 nitrogen and oxygen atoms in total. The lowest BCUT2D eigenvalue weighted by Crippen LogP contribution is -2.12. The van der Waals surface area contributed by atoms with Crippen molar-refractivity contribution in [1.29, 1.82) is 0 Å². The summed E-state index contributed by atoms with van der Waals surface area (Å²) in [6, 6.07) is 10.6. The highest BCUT2D eigenvalue weighted by molar-refractivity contribution is 7.99. The first-order chi connectivity index (χ1) is 15.9. The zero-order valence-corrected chi connectivity index (χ0v) is 19.7. The number of terminal acetylenes is 1. The van der Waals surface area contributed by atoms with E-state index in [-0.39, 0.29) is 28.8 Å². The fourth-order valence-corrected chi connectivity index (χ4v) is 4.53. The molecule has 0 unspecified atom stereocenters. The van der Waals surface area contributed by atoms with E-state index in [1.54, 1.807) is 26.2 Å². The summed E-state index contributed by atoms with van der Waals surface area (Å²) in [5, 5.41) is 20.0. The maximum Gasteiger partial charge on any atom is 0.220 e. The molecule has 1 aromatic heterocycles. The standard InChI is InChI=1S/C22H21ClN4O5S/c1-5-10-32-21-18(23)11-15(12-19(21)31-4)20(13-26(28)29)33-22-25-24-14(2)27(22)16-6-8-17(30-3)9-7-16/h1,6-9,11-12,20H,10,13H2,2-4H3/t20-/m1/s1. The highest BCUT2D eigenvalue weighted by atomic mass is 35.5. The number of nitrogens with zero attached hydrogens (tertiary/aromatic N) is 4. The van der Waals surface area contributed by atoms with Crippen LogP contribution in [0.4, 0.5) is 0 Å². The molecular weight excluding hydrogens is 468 g/mol. The monoisotopic (exact) mass is 488 g/mol. The van der Waals surface area contributed by atoms with Gasteiger partial charge in [-0.25, -0.2) is 0 Å². The van der Waals surface area contributed by atoms with Crippen LogP contribution >= 0.6 is 23.4 Å². The Morgan fingerprint density at radius 3 is 2.58 bits per heavy atom. The predicted octanol–water partition coefficient (Wildman–Crippen LogP) is 4.37. The van der Waals surface area contributed by atoms with E-state index in [9.17, 15) is 10.1 Å². The molecule has 3 aromatic rings. The summed E-state index contributed by atoms with van der Waals surface area (Å²) in [5.41, 5.74) is 1.38. The molecule has 0 spiro atoms. The van der Waals surface area contributed by atoms with Gasteiger partial charge >= 0.3 is 0 Å². The largest absolute Gasteiger partial charge is 0.497 e. The number of thioether (sulfide) groups is 1. The molecular formula is C22H21ClN4O5S. The molecule has 0 radical (unpaired) electrons. The van der Waals surface area contributed by atoms with Gasteiger partial charge in [-0.2, -0.15) is 0 Å². The molecule has 0 saturated carbocycles. The number of halogens is 1. The molecule has 0 aliphatic heterocycles. The minimum absolute atomic E-state index is 0.00669. The quantitative estimate of drug-likeness (QED) is 0.179. The Labute approximate surface area is 200 Å². The molecule has 1 heterocycles. The van der Waals surface area contributed by atoms with E-state index in [0.717, 1.165) is 5.69 Å². The van der Waals surface area contributed by atoms with Crippen LogP contribution in [-0.4, -0.2) is 47.1 Å². The Kier molecular flexibility index (Phi) is 8.03. The molecule has 11 heteroatoms. The number of aromatic nitrogens is 3. The predicted molar refractivity (Wildman–Crippen MR) is 125 cm³/mol. The van der Waals surface area contributed by atoms with E-state index in [4.69, 9.17) is 32.2 Å². The van der Waals surface area contributed by atoms with Crippen molar-refractivity contribution in [1.82, 2.24) is 14.8 Å². The lowest BCUT2D eigenvalue weighted by molar-refractivity contribution is -0.479. The topological polar surface area (TPSA) is 102 Å². The third-order valence-electron chi connectivity index (χ3n) is 4.61. The fourth-order valence-electron chi connectivity index (χ4n) is 3.10. The average molecular weight is 489 g/mol. The van der Waals surface area contributed by atoms with Crippen molar-refractivity contribution in [2.45, 2.75) is 17.3 Å². The lowest BCUT2D eigenvalue weighted by Gasteiger charge is -2.17. The molecule has 3 rings (SSSR count). The van der Waals surface area contributed by atoms with Gasteiger partial charge in [0.25, 0.3) is 0 Å². The maximum atomic E-state index is 11.5. The van der Waals surface area contributed by atoms with Crippen LogP contribution in [-0.2, 0) is 0 Å². The summed E-state index contributed by atoms with van der Waals surface area (Å²) in [4.78, 5) is 11.1. The third kappa shape index (κ3) is 5.69. The zero-order chi connectivity index (χ0) is 24.0. The van der Waals surface area contributed by atoms with E-state index in [0.29, 0.717) is 28.0 Å². The van der Waals surface area contributed by atoms with E-state index in [2.05, 4.69) is 16.1 Å². The first-order valence-electron chi connectivity index (χ1n) is 9.66. The molecule has 0 aliphatic carbocycles. The summed E-state index contributed by atoms with van der Waals surface area (Å²) >= 11 is 7.60. The number of aryl methyl sites for hydroxylation is 1.